The predicted octanol–water partition coefficient (Wildman–Crippen LogP) is 2.82. The quantitative estimate of drug-likeness (QED) is 0.752. The number of benzene rings is 1. The summed E-state index contributed by atoms with van der Waals surface area (Å²) in [5.41, 5.74) is 1.94. The van der Waals surface area contributed by atoms with Crippen LogP contribution in [0.2, 0.25) is 0 Å². The van der Waals surface area contributed by atoms with Crippen molar-refractivity contribution in [3.63, 3.8) is 0 Å². The minimum absolute atomic E-state index is 0.154. The summed E-state index contributed by atoms with van der Waals surface area (Å²) < 4.78 is 18.6. The van der Waals surface area contributed by atoms with Gasteiger partial charge in [-0.05, 0) is 50.6 Å². The maximum absolute atomic E-state index is 13.3. The average molecular weight is 225 g/mol. The fraction of sp³-hybridized carbons (Fsp3) is 0.538. The highest BCUT2D eigenvalue weighted by Gasteiger charge is 2.10. The summed E-state index contributed by atoms with van der Waals surface area (Å²) in [7, 11) is 1.89. The van der Waals surface area contributed by atoms with Crippen molar-refractivity contribution in [2.75, 3.05) is 20.3 Å². The van der Waals surface area contributed by atoms with Gasteiger partial charge in [-0.3, -0.25) is 0 Å². The summed E-state index contributed by atoms with van der Waals surface area (Å²) in [5.74, 6) is -0.174. The van der Waals surface area contributed by atoms with Crippen LogP contribution < -0.4 is 5.32 Å². The molecule has 16 heavy (non-hydrogen) atoms. The maximum atomic E-state index is 13.3. The lowest BCUT2D eigenvalue weighted by Crippen LogP contribution is -2.18. The molecule has 0 aliphatic heterocycles. The van der Waals surface area contributed by atoms with E-state index in [2.05, 4.69) is 5.32 Å². The molecule has 0 saturated heterocycles. The first kappa shape index (κ1) is 13.1. The molecular weight excluding hydrogens is 205 g/mol. The van der Waals surface area contributed by atoms with Gasteiger partial charge in [-0.2, -0.15) is 0 Å². The second-order valence-electron chi connectivity index (χ2n) is 3.89. The summed E-state index contributed by atoms with van der Waals surface area (Å²) in [6, 6.07) is 5.29. The van der Waals surface area contributed by atoms with Crippen molar-refractivity contribution < 1.29 is 9.13 Å². The third kappa shape index (κ3) is 3.91. The maximum Gasteiger partial charge on any atom is 0.123 e. The van der Waals surface area contributed by atoms with Gasteiger partial charge < -0.3 is 10.1 Å². The van der Waals surface area contributed by atoms with Crippen LogP contribution in [0.5, 0.6) is 0 Å². The van der Waals surface area contributed by atoms with Gasteiger partial charge in [0.2, 0.25) is 0 Å². The Bertz CT molecular complexity index is 307. The molecule has 1 N–H and O–H groups in total. The molecule has 3 heteroatoms. The fourth-order valence-electron chi connectivity index (χ4n) is 1.79. The van der Waals surface area contributed by atoms with Crippen LogP contribution in [0.15, 0.2) is 18.2 Å². The van der Waals surface area contributed by atoms with Crippen LogP contribution in [0.1, 0.15) is 30.5 Å². The molecule has 0 aliphatic rings. The first-order chi connectivity index (χ1) is 7.67. The predicted molar refractivity (Wildman–Crippen MR) is 64.0 cm³/mol. The van der Waals surface area contributed by atoms with E-state index in [1.165, 1.54) is 0 Å². The van der Waals surface area contributed by atoms with Crippen molar-refractivity contribution in [1.29, 1.82) is 0 Å². The lowest BCUT2D eigenvalue weighted by atomic mass is 10.0. The third-order valence-electron chi connectivity index (χ3n) is 2.57. The Kier molecular flexibility index (Phi) is 5.43. The molecule has 0 spiro atoms. The van der Waals surface area contributed by atoms with Gasteiger partial charge in [-0.15, -0.1) is 0 Å². The number of ether oxygens (including phenoxy) is 1. The lowest BCUT2D eigenvalue weighted by molar-refractivity contribution is 0.137. The summed E-state index contributed by atoms with van der Waals surface area (Å²) >= 11 is 0. The molecule has 1 aromatic rings. The summed E-state index contributed by atoms with van der Waals surface area (Å²) in [4.78, 5) is 0. The summed E-state index contributed by atoms with van der Waals surface area (Å²) in [5, 5.41) is 3.19. The van der Waals surface area contributed by atoms with Crippen LogP contribution in [0, 0.1) is 12.7 Å². The zero-order valence-corrected chi connectivity index (χ0v) is 10.2. The van der Waals surface area contributed by atoms with Gasteiger partial charge in [-0.25, -0.2) is 4.39 Å². The van der Waals surface area contributed by atoms with E-state index in [0.717, 1.165) is 24.2 Å². The van der Waals surface area contributed by atoms with Gasteiger partial charge in [0.25, 0.3) is 0 Å². The van der Waals surface area contributed by atoms with Gasteiger partial charge in [0, 0.05) is 19.3 Å². The molecule has 1 atom stereocenters. The number of hydrogen-bond acceptors (Lipinski definition) is 2. The Morgan fingerprint density at radius 3 is 2.69 bits per heavy atom. The highest BCUT2D eigenvalue weighted by atomic mass is 19.1. The van der Waals surface area contributed by atoms with Crippen LogP contribution in [0.25, 0.3) is 0 Å². The Hall–Kier alpha value is -0.930. The molecule has 1 unspecified atom stereocenters. The lowest BCUT2D eigenvalue weighted by Gasteiger charge is -2.17. The van der Waals surface area contributed by atoms with Crippen LogP contribution in [0.4, 0.5) is 4.39 Å². The van der Waals surface area contributed by atoms with Crippen molar-refractivity contribution in [1.82, 2.24) is 5.32 Å². The van der Waals surface area contributed by atoms with E-state index in [9.17, 15) is 4.39 Å². The van der Waals surface area contributed by atoms with E-state index in [0.29, 0.717) is 6.61 Å². The number of hydrogen-bond donors (Lipinski definition) is 1. The normalized spacial score (nSPS) is 12.8. The molecule has 2 nitrogen and oxygen atoms in total. The highest BCUT2D eigenvalue weighted by Crippen LogP contribution is 2.19. The molecule has 90 valence electrons. The molecule has 0 bridgehead atoms. The van der Waals surface area contributed by atoms with E-state index in [1.54, 1.807) is 12.1 Å². The van der Waals surface area contributed by atoms with Gasteiger partial charge in [-0.1, -0.05) is 6.07 Å². The van der Waals surface area contributed by atoms with E-state index in [-0.39, 0.29) is 11.9 Å². The highest BCUT2D eigenvalue weighted by molar-refractivity contribution is 5.26. The Balaban J connectivity index is 2.70. The Labute approximate surface area is 96.8 Å². The second-order valence-corrected chi connectivity index (χ2v) is 3.89. The molecule has 0 fully saturated rings. The van der Waals surface area contributed by atoms with Crippen molar-refractivity contribution >= 4 is 0 Å². The minimum atomic E-state index is -0.174. The van der Waals surface area contributed by atoms with Gasteiger partial charge >= 0.3 is 0 Å². The largest absolute Gasteiger partial charge is 0.382 e. The van der Waals surface area contributed by atoms with Crippen molar-refractivity contribution in [2.45, 2.75) is 26.3 Å². The fourth-order valence-corrected chi connectivity index (χ4v) is 1.79. The average Bonchev–Trinajstić information content (AvgIpc) is 2.23. The molecule has 1 aromatic carbocycles. The van der Waals surface area contributed by atoms with Crippen LogP contribution in [-0.4, -0.2) is 20.3 Å². The van der Waals surface area contributed by atoms with E-state index in [4.69, 9.17) is 4.74 Å². The van der Waals surface area contributed by atoms with Crippen LogP contribution >= 0.6 is 0 Å². The number of nitrogens with one attached hydrogen (secondary N) is 1. The van der Waals surface area contributed by atoms with Gasteiger partial charge in [0.15, 0.2) is 0 Å². The number of rotatable bonds is 6. The van der Waals surface area contributed by atoms with Crippen LogP contribution in [-0.2, 0) is 4.74 Å². The zero-order chi connectivity index (χ0) is 12.0. The van der Waals surface area contributed by atoms with Crippen molar-refractivity contribution in [2.24, 2.45) is 0 Å². The monoisotopic (exact) mass is 225 g/mol. The van der Waals surface area contributed by atoms with Gasteiger partial charge in [0.1, 0.15) is 5.82 Å². The van der Waals surface area contributed by atoms with Crippen LogP contribution in [0.3, 0.4) is 0 Å². The van der Waals surface area contributed by atoms with E-state index < -0.39 is 0 Å². The molecule has 0 radical (unpaired) electrons. The molecule has 0 heterocycles. The minimum Gasteiger partial charge on any atom is -0.382 e. The Morgan fingerprint density at radius 1 is 1.38 bits per heavy atom. The topological polar surface area (TPSA) is 21.3 Å². The Morgan fingerprint density at radius 2 is 2.12 bits per heavy atom. The smallest absolute Gasteiger partial charge is 0.123 e. The molecule has 1 rings (SSSR count). The third-order valence-corrected chi connectivity index (χ3v) is 2.57. The molecule has 0 amide bonds. The van der Waals surface area contributed by atoms with Gasteiger partial charge in [0.05, 0.1) is 0 Å². The molecular formula is C13H20FNO. The first-order valence-corrected chi connectivity index (χ1v) is 5.69. The van der Waals surface area contributed by atoms with E-state index >= 15 is 0 Å². The standard InChI is InChI=1S/C13H20FNO/c1-4-16-6-5-13(15-3)11-7-10(2)8-12(14)9-11/h7-9,13,15H,4-6H2,1-3H3. The number of halogens is 1. The van der Waals surface area contributed by atoms with Crippen molar-refractivity contribution in [3.05, 3.63) is 35.1 Å². The second kappa shape index (κ2) is 6.61. The summed E-state index contributed by atoms with van der Waals surface area (Å²) in [6.45, 7) is 5.29. The number of aryl methyl sites for hydroxylation is 1. The van der Waals surface area contributed by atoms with E-state index in [1.807, 2.05) is 27.0 Å². The first-order valence-electron chi connectivity index (χ1n) is 5.69. The molecule has 0 aliphatic carbocycles. The van der Waals surface area contributed by atoms with Crippen molar-refractivity contribution in [3.8, 4) is 0 Å². The molecule has 0 aromatic heterocycles. The summed E-state index contributed by atoms with van der Waals surface area (Å²) in [6.07, 6.45) is 0.854. The zero-order valence-electron chi connectivity index (χ0n) is 10.2. The SMILES string of the molecule is CCOCCC(NC)c1cc(C)cc(F)c1. The molecule has 0 saturated carbocycles.